The lowest BCUT2D eigenvalue weighted by atomic mass is 10.1. The molecule has 1 aliphatic rings. The number of anilines is 1. The third-order valence-electron chi connectivity index (χ3n) is 3.12. The molecule has 0 amide bonds. The van der Waals surface area contributed by atoms with Gasteiger partial charge in [-0.1, -0.05) is 17.7 Å². The number of aromatic carboxylic acids is 1. The molecular weight excluding hydrogens is 254 g/mol. The predicted molar refractivity (Wildman–Crippen MR) is 70.6 cm³/mol. The highest BCUT2D eigenvalue weighted by Crippen LogP contribution is 2.30. The Morgan fingerprint density at radius 1 is 1.50 bits per heavy atom. The van der Waals surface area contributed by atoms with Crippen molar-refractivity contribution in [2.24, 2.45) is 0 Å². The molecule has 0 saturated carbocycles. The van der Waals surface area contributed by atoms with Crippen LogP contribution in [0.1, 0.15) is 24.2 Å². The molecule has 1 aliphatic heterocycles. The summed E-state index contributed by atoms with van der Waals surface area (Å²) in [7, 11) is 0. The molecule has 0 aliphatic carbocycles. The van der Waals surface area contributed by atoms with Crippen molar-refractivity contribution in [2.45, 2.75) is 26.0 Å². The highest BCUT2D eigenvalue weighted by atomic mass is 35.5. The van der Waals surface area contributed by atoms with Crippen molar-refractivity contribution in [3.63, 3.8) is 0 Å². The summed E-state index contributed by atoms with van der Waals surface area (Å²) in [5, 5.41) is 9.56. The molecule has 1 fully saturated rings. The van der Waals surface area contributed by atoms with E-state index in [-0.39, 0.29) is 22.7 Å². The van der Waals surface area contributed by atoms with Gasteiger partial charge in [0.05, 0.1) is 23.4 Å². The minimum atomic E-state index is -0.998. The van der Waals surface area contributed by atoms with Crippen molar-refractivity contribution in [2.75, 3.05) is 18.1 Å². The van der Waals surface area contributed by atoms with Crippen LogP contribution in [-0.4, -0.2) is 36.4 Å². The second kappa shape index (κ2) is 5.16. The number of hydrogen-bond donors (Lipinski definition) is 1. The van der Waals surface area contributed by atoms with Gasteiger partial charge in [-0.2, -0.15) is 0 Å². The Labute approximate surface area is 111 Å². The Morgan fingerprint density at radius 3 is 2.89 bits per heavy atom. The molecule has 2 atom stereocenters. The van der Waals surface area contributed by atoms with Crippen LogP contribution >= 0.6 is 11.6 Å². The summed E-state index contributed by atoms with van der Waals surface area (Å²) < 4.78 is 5.55. The number of nitrogens with zero attached hydrogens (tertiary/aromatic N) is 1. The number of carboxylic acids is 1. The molecule has 5 heteroatoms. The van der Waals surface area contributed by atoms with Crippen LogP contribution in [0.25, 0.3) is 0 Å². The van der Waals surface area contributed by atoms with Gasteiger partial charge in [-0.25, -0.2) is 4.79 Å². The topological polar surface area (TPSA) is 49.8 Å². The van der Waals surface area contributed by atoms with Gasteiger partial charge < -0.3 is 14.7 Å². The maximum absolute atomic E-state index is 11.3. The minimum Gasteiger partial charge on any atom is -0.478 e. The number of carboxylic acid groups (broad SMARTS) is 1. The maximum atomic E-state index is 11.3. The molecule has 2 unspecified atom stereocenters. The normalized spacial score (nSPS) is 24.1. The number of carbonyl (C=O) groups is 1. The lowest BCUT2D eigenvalue weighted by Crippen LogP contribution is -2.48. The molecule has 2 rings (SSSR count). The third kappa shape index (κ3) is 2.44. The summed E-state index contributed by atoms with van der Waals surface area (Å²) in [6.45, 7) is 5.25. The van der Waals surface area contributed by atoms with Crippen LogP contribution in [0.15, 0.2) is 18.2 Å². The highest BCUT2D eigenvalue weighted by molar-refractivity contribution is 6.34. The summed E-state index contributed by atoms with van der Waals surface area (Å²) in [6, 6.07) is 5.31. The summed E-state index contributed by atoms with van der Waals surface area (Å²) >= 11 is 5.99. The smallest absolute Gasteiger partial charge is 0.339 e. The van der Waals surface area contributed by atoms with E-state index in [0.29, 0.717) is 18.8 Å². The van der Waals surface area contributed by atoms with Gasteiger partial charge in [0.25, 0.3) is 0 Å². The number of morpholine rings is 1. The lowest BCUT2D eigenvalue weighted by Gasteiger charge is -2.39. The van der Waals surface area contributed by atoms with Crippen LogP contribution in [0, 0.1) is 0 Å². The first-order valence-corrected chi connectivity index (χ1v) is 6.28. The molecule has 1 aromatic rings. The van der Waals surface area contributed by atoms with Crippen molar-refractivity contribution in [1.82, 2.24) is 0 Å². The summed E-state index contributed by atoms with van der Waals surface area (Å²) in [5.41, 5.74) is 0.831. The fourth-order valence-corrected chi connectivity index (χ4v) is 2.45. The Hall–Kier alpha value is -1.26. The van der Waals surface area contributed by atoms with Crippen molar-refractivity contribution < 1.29 is 14.6 Å². The highest BCUT2D eigenvalue weighted by Gasteiger charge is 2.27. The average Bonchev–Trinajstić information content (AvgIpc) is 2.31. The van der Waals surface area contributed by atoms with Gasteiger partial charge in [-0.05, 0) is 26.0 Å². The summed E-state index contributed by atoms with van der Waals surface area (Å²) in [5.74, 6) is -0.998. The van der Waals surface area contributed by atoms with Gasteiger partial charge >= 0.3 is 5.97 Å². The molecule has 4 nitrogen and oxygen atoms in total. The Balaban J connectivity index is 2.43. The summed E-state index contributed by atoms with van der Waals surface area (Å²) in [4.78, 5) is 13.4. The van der Waals surface area contributed by atoms with E-state index in [4.69, 9.17) is 16.3 Å². The Morgan fingerprint density at radius 2 is 2.22 bits per heavy atom. The average molecular weight is 270 g/mol. The van der Waals surface area contributed by atoms with Crippen LogP contribution in [0.4, 0.5) is 5.69 Å². The van der Waals surface area contributed by atoms with Gasteiger partial charge in [0.1, 0.15) is 5.56 Å². The van der Waals surface area contributed by atoms with Crippen LogP contribution in [0.3, 0.4) is 0 Å². The number of rotatable bonds is 2. The van der Waals surface area contributed by atoms with E-state index < -0.39 is 5.97 Å². The number of ether oxygens (including phenoxy) is 1. The maximum Gasteiger partial charge on any atom is 0.339 e. The van der Waals surface area contributed by atoms with E-state index in [1.807, 2.05) is 18.7 Å². The fraction of sp³-hybridized carbons (Fsp3) is 0.462. The zero-order chi connectivity index (χ0) is 13.3. The molecule has 1 heterocycles. The largest absolute Gasteiger partial charge is 0.478 e. The zero-order valence-electron chi connectivity index (χ0n) is 10.4. The van der Waals surface area contributed by atoms with Gasteiger partial charge in [-0.3, -0.25) is 0 Å². The zero-order valence-corrected chi connectivity index (χ0v) is 11.1. The monoisotopic (exact) mass is 269 g/mol. The van der Waals surface area contributed by atoms with Gasteiger partial charge in [0.15, 0.2) is 0 Å². The summed E-state index contributed by atoms with van der Waals surface area (Å²) in [6.07, 6.45) is 0.0850. The molecule has 0 aromatic heterocycles. The molecule has 1 saturated heterocycles. The molecule has 98 valence electrons. The van der Waals surface area contributed by atoms with Crippen LogP contribution in [0.5, 0.6) is 0 Å². The molecule has 1 aromatic carbocycles. The van der Waals surface area contributed by atoms with Crippen molar-refractivity contribution in [3.8, 4) is 0 Å². The molecule has 0 spiro atoms. The van der Waals surface area contributed by atoms with Crippen LogP contribution < -0.4 is 4.90 Å². The Kier molecular flexibility index (Phi) is 3.78. The SMILES string of the molecule is CC1CN(c2cccc(Cl)c2C(=O)O)C(C)CO1. The Bertz CT molecular complexity index is 464. The fourth-order valence-electron chi connectivity index (χ4n) is 2.20. The van der Waals surface area contributed by atoms with E-state index >= 15 is 0 Å². The first-order chi connectivity index (χ1) is 8.50. The quantitative estimate of drug-likeness (QED) is 0.897. The first kappa shape index (κ1) is 13.2. The van der Waals surface area contributed by atoms with Crippen molar-refractivity contribution >= 4 is 23.3 Å². The van der Waals surface area contributed by atoms with Crippen LogP contribution in [-0.2, 0) is 4.74 Å². The predicted octanol–water partition coefficient (Wildman–Crippen LogP) is 2.65. The lowest BCUT2D eigenvalue weighted by molar-refractivity contribution is 0.0341. The van der Waals surface area contributed by atoms with E-state index in [1.165, 1.54) is 0 Å². The third-order valence-corrected chi connectivity index (χ3v) is 3.44. The standard InChI is InChI=1S/C13H16ClNO3/c1-8-7-18-9(2)6-15(8)11-5-3-4-10(14)12(11)13(16)17/h3-5,8-9H,6-7H2,1-2H3,(H,16,17). The van der Waals surface area contributed by atoms with Crippen molar-refractivity contribution in [1.29, 1.82) is 0 Å². The molecule has 0 radical (unpaired) electrons. The number of benzene rings is 1. The van der Waals surface area contributed by atoms with Gasteiger partial charge in [-0.15, -0.1) is 0 Å². The van der Waals surface area contributed by atoms with Crippen LogP contribution in [0.2, 0.25) is 5.02 Å². The van der Waals surface area contributed by atoms with Gasteiger partial charge in [0, 0.05) is 12.6 Å². The molecule has 18 heavy (non-hydrogen) atoms. The molecule has 0 bridgehead atoms. The van der Waals surface area contributed by atoms with E-state index in [2.05, 4.69) is 0 Å². The first-order valence-electron chi connectivity index (χ1n) is 5.90. The van der Waals surface area contributed by atoms with Crippen molar-refractivity contribution in [3.05, 3.63) is 28.8 Å². The van der Waals surface area contributed by atoms with E-state index in [9.17, 15) is 9.90 Å². The molecule has 1 N–H and O–H groups in total. The number of halogens is 1. The second-order valence-corrected chi connectivity index (χ2v) is 4.99. The molecular formula is C13H16ClNO3. The minimum absolute atomic E-state index is 0.0850. The van der Waals surface area contributed by atoms with E-state index in [0.717, 1.165) is 0 Å². The van der Waals surface area contributed by atoms with Gasteiger partial charge in [0.2, 0.25) is 0 Å². The van der Waals surface area contributed by atoms with E-state index in [1.54, 1.807) is 18.2 Å². The number of hydrogen-bond acceptors (Lipinski definition) is 3. The second-order valence-electron chi connectivity index (χ2n) is 4.58.